The molecule has 0 saturated heterocycles. The maximum atomic E-state index is 12.4. The lowest BCUT2D eigenvalue weighted by Gasteiger charge is -2.19. The summed E-state index contributed by atoms with van der Waals surface area (Å²) in [4.78, 5) is 0.297. The molecule has 0 spiro atoms. The standard InChI is InChI=1S/C16H25N6O4PS2/c1-17-21(18-2)28(23,24)15-9-5-13(6-10-15)27-14-7-11-16(12-8-14)29(25,26)22(19-3)20-4/h5-12,17-20,27H,1-4H3. The van der Waals surface area contributed by atoms with Crippen molar-refractivity contribution >= 4 is 39.2 Å². The Labute approximate surface area is 173 Å². The molecule has 2 aromatic carbocycles. The van der Waals surface area contributed by atoms with Gasteiger partial charge >= 0.3 is 0 Å². The summed E-state index contributed by atoms with van der Waals surface area (Å²) in [5.74, 6) is 0. The molecular formula is C16H25N6O4PS2. The largest absolute Gasteiger partial charge is 0.269 e. The van der Waals surface area contributed by atoms with Gasteiger partial charge in [-0.2, -0.15) is 0 Å². The molecule has 0 saturated carbocycles. The molecule has 29 heavy (non-hydrogen) atoms. The second kappa shape index (κ2) is 10.0. The molecule has 2 rings (SSSR count). The number of nitrogens with one attached hydrogen (secondary N) is 4. The van der Waals surface area contributed by atoms with Crippen LogP contribution in [0.4, 0.5) is 0 Å². The van der Waals surface area contributed by atoms with Crippen molar-refractivity contribution in [2.45, 2.75) is 9.79 Å². The molecule has 0 amide bonds. The van der Waals surface area contributed by atoms with Crippen molar-refractivity contribution < 1.29 is 16.8 Å². The van der Waals surface area contributed by atoms with Gasteiger partial charge in [-0.05, 0) is 34.9 Å². The van der Waals surface area contributed by atoms with E-state index in [-0.39, 0.29) is 18.4 Å². The molecule has 0 fully saturated rings. The van der Waals surface area contributed by atoms with Crippen LogP contribution in [0.1, 0.15) is 0 Å². The second-order valence-corrected chi connectivity index (χ2v) is 10.6. The van der Waals surface area contributed by atoms with Gasteiger partial charge in [0.05, 0.1) is 9.79 Å². The van der Waals surface area contributed by atoms with Gasteiger partial charge in [0.25, 0.3) is 20.0 Å². The molecule has 0 radical (unpaired) electrons. The van der Waals surface area contributed by atoms with E-state index in [9.17, 15) is 16.8 Å². The smallest absolute Gasteiger partial charge is 0.230 e. The summed E-state index contributed by atoms with van der Waals surface area (Å²) in [6.07, 6.45) is 0. The predicted octanol–water partition coefficient (Wildman–Crippen LogP) is -1.17. The molecule has 0 bridgehead atoms. The van der Waals surface area contributed by atoms with Crippen LogP contribution in [0.5, 0.6) is 0 Å². The number of nitrogens with zero attached hydrogens (tertiary/aromatic N) is 2. The lowest BCUT2D eigenvalue weighted by atomic mass is 10.4. The SMILES string of the molecule is CNN(NC)S(=O)(=O)c1ccc(Pc2ccc(S(=O)(=O)N(NC)NC)cc2)cc1. The first kappa shape index (κ1) is 23.8. The van der Waals surface area contributed by atoms with E-state index in [0.29, 0.717) is 0 Å². The zero-order valence-corrected chi connectivity index (χ0v) is 19.1. The fourth-order valence-electron chi connectivity index (χ4n) is 2.50. The van der Waals surface area contributed by atoms with E-state index in [1.54, 1.807) is 24.3 Å². The normalized spacial score (nSPS) is 12.6. The molecule has 0 aliphatic rings. The highest BCUT2D eigenvalue weighted by atomic mass is 32.2. The monoisotopic (exact) mass is 460 g/mol. The van der Waals surface area contributed by atoms with Crippen LogP contribution >= 0.6 is 8.58 Å². The van der Waals surface area contributed by atoms with Crippen LogP contribution in [-0.2, 0) is 20.0 Å². The Kier molecular flexibility index (Phi) is 8.23. The molecule has 0 unspecified atom stereocenters. The summed E-state index contributed by atoms with van der Waals surface area (Å²) in [7, 11) is -1.14. The van der Waals surface area contributed by atoms with Gasteiger partial charge in [0.2, 0.25) is 0 Å². The van der Waals surface area contributed by atoms with Crippen molar-refractivity contribution in [3.63, 3.8) is 0 Å². The van der Waals surface area contributed by atoms with Crippen molar-refractivity contribution in [1.29, 1.82) is 0 Å². The molecule has 160 valence electrons. The molecule has 0 aliphatic carbocycles. The molecule has 0 aliphatic heterocycles. The van der Waals surface area contributed by atoms with Crippen molar-refractivity contribution in [1.82, 2.24) is 30.7 Å². The van der Waals surface area contributed by atoms with Crippen molar-refractivity contribution in [2.75, 3.05) is 28.2 Å². The van der Waals surface area contributed by atoms with E-state index in [0.717, 1.165) is 19.7 Å². The van der Waals surface area contributed by atoms with Crippen LogP contribution in [0.2, 0.25) is 0 Å². The number of sulfonamides is 2. The van der Waals surface area contributed by atoms with Crippen LogP contribution in [0.15, 0.2) is 58.3 Å². The molecular weight excluding hydrogens is 435 g/mol. The van der Waals surface area contributed by atoms with Gasteiger partial charge in [0, 0.05) is 28.2 Å². The lowest BCUT2D eigenvalue weighted by Crippen LogP contribution is -2.48. The van der Waals surface area contributed by atoms with Crippen molar-refractivity contribution in [3.05, 3.63) is 48.5 Å². The molecule has 4 N–H and O–H groups in total. The zero-order valence-electron chi connectivity index (χ0n) is 16.5. The summed E-state index contributed by atoms with van der Waals surface area (Å²) in [6, 6.07) is 13.1. The Morgan fingerprint density at radius 3 is 1.10 bits per heavy atom. The van der Waals surface area contributed by atoms with E-state index in [1.165, 1.54) is 52.5 Å². The predicted molar refractivity (Wildman–Crippen MR) is 115 cm³/mol. The zero-order chi connectivity index (χ0) is 21.7. The van der Waals surface area contributed by atoms with E-state index in [4.69, 9.17) is 0 Å². The maximum Gasteiger partial charge on any atom is 0.269 e. The first-order chi connectivity index (χ1) is 13.7. The van der Waals surface area contributed by atoms with Crippen LogP contribution in [0, 0.1) is 0 Å². The molecule has 0 atom stereocenters. The Morgan fingerprint density at radius 1 is 0.586 bits per heavy atom. The summed E-state index contributed by atoms with van der Waals surface area (Å²) >= 11 is 0. The topological polar surface area (TPSA) is 123 Å². The average molecular weight is 461 g/mol. The van der Waals surface area contributed by atoms with Crippen LogP contribution in [0.25, 0.3) is 0 Å². The Morgan fingerprint density at radius 2 is 0.862 bits per heavy atom. The third-order valence-electron chi connectivity index (χ3n) is 3.89. The van der Waals surface area contributed by atoms with Gasteiger partial charge < -0.3 is 0 Å². The summed E-state index contributed by atoms with van der Waals surface area (Å²) < 4.78 is 51.6. The van der Waals surface area contributed by atoms with Gasteiger partial charge in [-0.15, -0.1) is 0 Å². The Bertz CT molecular complexity index is 923. The van der Waals surface area contributed by atoms with E-state index in [1.807, 2.05) is 0 Å². The van der Waals surface area contributed by atoms with Crippen LogP contribution in [0.3, 0.4) is 0 Å². The first-order valence-electron chi connectivity index (χ1n) is 8.48. The number of hydrazine groups is 4. The van der Waals surface area contributed by atoms with Crippen molar-refractivity contribution in [2.24, 2.45) is 0 Å². The van der Waals surface area contributed by atoms with Gasteiger partial charge in [-0.3, -0.25) is 0 Å². The number of rotatable bonds is 10. The average Bonchev–Trinajstić information content (AvgIpc) is 2.70. The van der Waals surface area contributed by atoms with Gasteiger partial charge in [0.1, 0.15) is 0 Å². The van der Waals surface area contributed by atoms with E-state index in [2.05, 4.69) is 21.7 Å². The van der Waals surface area contributed by atoms with E-state index >= 15 is 0 Å². The van der Waals surface area contributed by atoms with E-state index < -0.39 is 20.0 Å². The Hall–Kier alpha value is -1.47. The summed E-state index contributed by atoms with van der Waals surface area (Å²) in [5.41, 5.74) is 10.2. The minimum Gasteiger partial charge on any atom is -0.230 e. The van der Waals surface area contributed by atoms with Gasteiger partial charge in [-0.25, -0.2) is 38.5 Å². The highest BCUT2D eigenvalue weighted by Crippen LogP contribution is 2.17. The highest BCUT2D eigenvalue weighted by molar-refractivity contribution is 7.89. The first-order valence-corrected chi connectivity index (χ1v) is 12.4. The number of benzene rings is 2. The van der Waals surface area contributed by atoms with Crippen LogP contribution in [-0.4, -0.2) is 54.1 Å². The highest BCUT2D eigenvalue weighted by Gasteiger charge is 2.23. The molecule has 2 aromatic rings. The Balaban J connectivity index is 2.17. The van der Waals surface area contributed by atoms with Crippen molar-refractivity contribution in [3.8, 4) is 0 Å². The van der Waals surface area contributed by atoms with Crippen LogP contribution < -0.4 is 32.3 Å². The number of hydrogen-bond acceptors (Lipinski definition) is 8. The quantitative estimate of drug-likeness (QED) is 0.259. The molecule has 0 heterocycles. The van der Waals surface area contributed by atoms with Gasteiger partial charge in [-0.1, -0.05) is 41.9 Å². The number of hydrogen-bond donors (Lipinski definition) is 4. The summed E-state index contributed by atoms with van der Waals surface area (Å²) in [5, 5.41) is 1.85. The summed E-state index contributed by atoms with van der Waals surface area (Å²) in [6.45, 7) is 0. The van der Waals surface area contributed by atoms with Gasteiger partial charge in [0.15, 0.2) is 0 Å². The lowest BCUT2D eigenvalue weighted by molar-refractivity contribution is 0.279. The molecule has 10 nitrogen and oxygen atoms in total. The third-order valence-corrected chi connectivity index (χ3v) is 8.56. The fourth-order valence-corrected chi connectivity index (χ4v) is 5.85. The second-order valence-electron chi connectivity index (χ2n) is 5.61. The molecule has 13 heteroatoms. The minimum absolute atomic E-state index is 0.149. The maximum absolute atomic E-state index is 12.4. The fraction of sp³-hybridized carbons (Fsp3) is 0.250. The molecule has 0 aromatic heterocycles. The minimum atomic E-state index is -3.70. The third kappa shape index (κ3) is 5.37.